The fourth-order valence-electron chi connectivity index (χ4n) is 1.38. The molecule has 0 unspecified atom stereocenters. The van der Waals surface area contributed by atoms with Crippen molar-refractivity contribution in [1.29, 1.82) is 0 Å². The van der Waals surface area contributed by atoms with Gasteiger partial charge in [0.25, 0.3) is 0 Å². The van der Waals surface area contributed by atoms with Gasteiger partial charge >= 0.3 is 0 Å². The topological polar surface area (TPSA) is 35.2 Å². The maximum Gasteiger partial charge on any atom is 0.119 e. The molecule has 0 atom stereocenters. The third-order valence-corrected chi connectivity index (χ3v) is 3.53. The Labute approximate surface area is 117 Å². The molecule has 88 valence electrons. The van der Waals surface area contributed by atoms with E-state index >= 15 is 0 Å². The van der Waals surface area contributed by atoms with Crippen molar-refractivity contribution in [2.45, 2.75) is 6.61 Å². The number of anilines is 1. The first-order valence-corrected chi connectivity index (χ1v) is 6.66. The predicted octanol–water partition coefficient (Wildman–Crippen LogP) is 4.37. The van der Waals surface area contributed by atoms with Gasteiger partial charge in [-0.15, -0.1) is 0 Å². The minimum atomic E-state index is 0.513. The van der Waals surface area contributed by atoms with Crippen molar-refractivity contribution in [1.82, 2.24) is 0 Å². The Morgan fingerprint density at radius 3 is 2.35 bits per heavy atom. The van der Waals surface area contributed by atoms with E-state index in [1.54, 1.807) is 0 Å². The number of hydrogen-bond acceptors (Lipinski definition) is 2. The summed E-state index contributed by atoms with van der Waals surface area (Å²) >= 11 is 6.74. The Bertz CT molecular complexity index is 511. The Morgan fingerprint density at radius 2 is 1.71 bits per heavy atom. The molecule has 0 fully saturated rings. The predicted molar refractivity (Wildman–Crippen MR) is 77.0 cm³/mol. The van der Waals surface area contributed by atoms with Crippen LogP contribution in [0.1, 0.15) is 5.56 Å². The number of nitrogen functional groups attached to an aromatic ring is 1. The van der Waals surface area contributed by atoms with Crippen LogP contribution >= 0.6 is 31.9 Å². The van der Waals surface area contributed by atoms with Crippen LogP contribution in [-0.4, -0.2) is 0 Å². The van der Waals surface area contributed by atoms with Crippen LogP contribution < -0.4 is 10.5 Å². The molecule has 0 aliphatic carbocycles. The summed E-state index contributed by atoms with van der Waals surface area (Å²) < 4.78 is 7.60. The molecule has 2 aromatic carbocycles. The standard InChI is InChI=1S/C13H11Br2NO/c14-10-2-4-11(5-3-10)17-8-9-1-6-12(15)13(16)7-9/h1-7H,8,16H2. The Morgan fingerprint density at radius 1 is 1.00 bits per heavy atom. The average molecular weight is 357 g/mol. The van der Waals surface area contributed by atoms with Gasteiger partial charge in [-0.3, -0.25) is 0 Å². The quantitative estimate of drug-likeness (QED) is 0.828. The van der Waals surface area contributed by atoms with Crippen molar-refractivity contribution >= 4 is 37.5 Å². The van der Waals surface area contributed by atoms with Gasteiger partial charge in [0, 0.05) is 14.6 Å². The first kappa shape index (κ1) is 12.5. The van der Waals surface area contributed by atoms with Crippen LogP contribution in [-0.2, 0) is 6.61 Å². The highest BCUT2D eigenvalue weighted by Gasteiger charge is 1.99. The van der Waals surface area contributed by atoms with Gasteiger partial charge in [-0.25, -0.2) is 0 Å². The number of hydrogen-bond donors (Lipinski definition) is 1. The third kappa shape index (κ3) is 3.48. The second-order valence-corrected chi connectivity index (χ2v) is 5.37. The summed E-state index contributed by atoms with van der Waals surface area (Å²) in [6.07, 6.45) is 0. The van der Waals surface area contributed by atoms with E-state index in [0.29, 0.717) is 6.61 Å². The normalized spacial score (nSPS) is 10.2. The SMILES string of the molecule is Nc1cc(COc2ccc(Br)cc2)ccc1Br. The molecule has 0 amide bonds. The Balaban J connectivity index is 2.02. The number of nitrogens with two attached hydrogens (primary N) is 1. The number of rotatable bonds is 3. The van der Waals surface area contributed by atoms with Crippen LogP contribution in [0.25, 0.3) is 0 Å². The van der Waals surface area contributed by atoms with Gasteiger partial charge in [0.05, 0.1) is 0 Å². The van der Waals surface area contributed by atoms with Gasteiger partial charge in [-0.2, -0.15) is 0 Å². The largest absolute Gasteiger partial charge is 0.489 e. The smallest absolute Gasteiger partial charge is 0.119 e. The minimum absolute atomic E-state index is 0.513. The molecule has 0 bridgehead atoms. The average Bonchev–Trinajstić information content (AvgIpc) is 2.33. The van der Waals surface area contributed by atoms with Crippen LogP contribution in [0.3, 0.4) is 0 Å². The molecule has 0 spiro atoms. The van der Waals surface area contributed by atoms with Crippen molar-refractivity contribution in [3.05, 3.63) is 57.0 Å². The van der Waals surface area contributed by atoms with Crippen molar-refractivity contribution < 1.29 is 4.74 Å². The number of ether oxygens (including phenoxy) is 1. The highest BCUT2D eigenvalue weighted by atomic mass is 79.9. The second-order valence-electron chi connectivity index (χ2n) is 3.60. The van der Waals surface area contributed by atoms with Gasteiger partial charge < -0.3 is 10.5 Å². The summed E-state index contributed by atoms with van der Waals surface area (Å²) in [6, 6.07) is 13.6. The van der Waals surface area contributed by atoms with E-state index in [0.717, 1.165) is 25.9 Å². The zero-order chi connectivity index (χ0) is 12.3. The maximum atomic E-state index is 5.80. The van der Waals surface area contributed by atoms with Crippen LogP contribution in [0.4, 0.5) is 5.69 Å². The molecule has 0 aromatic heterocycles. The van der Waals surface area contributed by atoms with Crippen molar-refractivity contribution in [3.8, 4) is 5.75 Å². The Kier molecular flexibility index (Phi) is 4.07. The Hall–Kier alpha value is -1.00. The first-order chi connectivity index (χ1) is 8.15. The van der Waals surface area contributed by atoms with E-state index in [9.17, 15) is 0 Å². The molecule has 2 nitrogen and oxygen atoms in total. The van der Waals surface area contributed by atoms with Crippen molar-refractivity contribution in [3.63, 3.8) is 0 Å². The zero-order valence-corrected chi connectivity index (χ0v) is 12.2. The fraction of sp³-hybridized carbons (Fsp3) is 0.0769. The van der Waals surface area contributed by atoms with E-state index < -0.39 is 0 Å². The molecule has 17 heavy (non-hydrogen) atoms. The van der Waals surface area contributed by atoms with Crippen LogP contribution in [0.5, 0.6) is 5.75 Å². The van der Waals surface area contributed by atoms with Gasteiger partial charge in [0.2, 0.25) is 0 Å². The zero-order valence-electron chi connectivity index (χ0n) is 8.99. The molecule has 2 N–H and O–H groups in total. The molecule has 4 heteroatoms. The summed E-state index contributed by atoms with van der Waals surface area (Å²) in [7, 11) is 0. The monoisotopic (exact) mass is 355 g/mol. The molecule has 0 aliphatic heterocycles. The van der Waals surface area contributed by atoms with Crippen LogP contribution in [0.2, 0.25) is 0 Å². The lowest BCUT2D eigenvalue weighted by atomic mass is 10.2. The number of halogens is 2. The summed E-state index contributed by atoms with van der Waals surface area (Å²) in [5, 5.41) is 0. The molecule has 0 saturated heterocycles. The first-order valence-electron chi connectivity index (χ1n) is 5.07. The molecule has 0 radical (unpaired) electrons. The number of benzene rings is 2. The van der Waals surface area contributed by atoms with Gasteiger partial charge in [-0.05, 0) is 57.9 Å². The molecular formula is C13H11Br2NO. The molecule has 2 aromatic rings. The summed E-state index contributed by atoms with van der Waals surface area (Å²) in [5.41, 5.74) is 7.57. The van der Waals surface area contributed by atoms with E-state index in [1.165, 1.54) is 0 Å². The van der Waals surface area contributed by atoms with Crippen molar-refractivity contribution in [2.24, 2.45) is 0 Å². The van der Waals surface area contributed by atoms with Gasteiger partial charge in [0.15, 0.2) is 0 Å². The van der Waals surface area contributed by atoms with Gasteiger partial charge in [0.1, 0.15) is 12.4 Å². The molecule has 2 rings (SSSR count). The minimum Gasteiger partial charge on any atom is -0.489 e. The van der Waals surface area contributed by atoms with Crippen LogP contribution in [0.15, 0.2) is 51.4 Å². The summed E-state index contributed by atoms with van der Waals surface area (Å²) in [5.74, 6) is 0.842. The highest BCUT2D eigenvalue weighted by Crippen LogP contribution is 2.22. The lowest BCUT2D eigenvalue weighted by Crippen LogP contribution is -1.97. The molecule has 0 aliphatic rings. The summed E-state index contributed by atoms with van der Waals surface area (Å²) in [6.45, 7) is 0.513. The highest BCUT2D eigenvalue weighted by molar-refractivity contribution is 9.10. The van der Waals surface area contributed by atoms with Crippen molar-refractivity contribution in [2.75, 3.05) is 5.73 Å². The molecule has 0 heterocycles. The summed E-state index contributed by atoms with van der Waals surface area (Å²) in [4.78, 5) is 0. The van der Waals surface area contributed by atoms with E-state index in [1.807, 2.05) is 42.5 Å². The molecular weight excluding hydrogens is 346 g/mol. The van der Waals surface area contributed by atoms with Gasteiger partial charge in [-0.1, -0.05) is 22.0 Å². The van der Waals surface area contributed by atoms with E-state index in [-0.39, 0.29) is 0 Å². The lowest BCUT2D eigenvalue weighted by Gasteiger charge is -2.07. The third-order valence-electron chi connectivity index (χ3n) is 2.28. The van der Waals surface area contributed by atoms with Crippen LogP contribution in [0, 0.1) is 0 Å². The lowest BCUT2D eigenvalue weighted by molar-refractivity contribution is 0.306. The van der Waals surface area contributed by atoms with E-state index in [2.05, 4.69) is 31.9 Å². The maximum absolute atomic E-state index is 5.80. The molecule has 0 saturated carbocycles. The second kappa shape index (κ2) is 5.56. The fourth-order valence-corrected chi connectivity index (χ4v) is 1.89. The van der Waals surface area contributed by atoms with E-state index in [4.69, 9.17) is 10.5 Å².